The number of carbonyl (C=O) groups is 2. The Balaban J connectivity index is 1.44. The molecule has 1 atom stereocenters. The quantitative estimate of drug-likeness (QED) is 0.137. The summed E-state index contributed by atoms with van der Waals surface area (Å²) in [5, 5.41) is 31.4. The number of rotatable bonds is 6. The Kier molecular flexibility index (Phi) is 7.59. The molecule has 0 saturated heterocycles. The number of nitrogens with one attached hydrogen (secondary N) is 1. The maximum absolute atomic E-state index is 13.2. The number of anilines is 2. The van der Waals surface area contributed by atoms with Crippen molar-refractivity contribution in [3.63, 3.8) is 0 Å². The van der Waals surface area contributed by atoms with Crippen molar-refractivity contribution < 1.29 is 27.4 Å². The number of para-hydroxylation sites is 1. The Morgan fingerprint density at radius 3 is 2.62 bits per heavy atom. The lowest BCUT2D eigenvalue weighted by Crippen LogP contribution is -2.32. The van der Waals surface area contributed by atoms with Crippen molar-refractivity contribution in [1.82, 2.24) is 10.1 Å². The van der Waals surface area contributed by atoms with Crippen LogP contribution in [0.25, 0.3) is 11.0 Å². The molecule has 4 aromatic rings. The van der Waals surface area contributed by atoms with Gasteiger partial charge in [-0.05, 0) is 72.3 Å². The largest absolute Gasteiger partial charge is 0.594 e. The molecule has 0 aliphatic carbocycles. The molecule has 1 aromatic heterocycles. The van der Waals surface area contributed by atoms with Gasteiger partial charge in [-0.25, -0.2) is 4.98 Å². The normalized spacial score (nSPS) is 15.5. The van der Waals surface area contributed by atoms with E-state index >= 15 is 0 Å². The summed E-state index contributed by atoms with van der Waals surface area (Å²) in [5.41, 5.74) is 1.29. The summed E-state index contributed by atoms with van der Waals surface area (Å²) in [7, 11) is -4.77. The van der Waals surface area contributed by atoms with E-state index < -0.39 is 32.9 Å². The fraction of sp³-hybridized carbons (Fsp3) is 0.120. The average Bonchev–Trinajstić information content (AvgIpc) is 3.18. The summed E-state index contributed by atoms with van der Waals surface area (Å²) in [6.45, 7) is 3.30. The molecule has 0 fully saturated rings. The van der Waals surface area contributed by atoms with E-state index in [0.717, 1.165) is 17.1 Å². The number of hydrogen-bond donors (Lipinski definition) is 2. The fourth-order valence-corrected chi connectivity index (χ4v) is 5.18. The summed E-state index contributed by atoms with van der Waals surface area (Å²) in [5.74, 6) is -1.25. The van der Waals surface area contributed by atoms with Crippen LogP contribution in [0.5, 0.6) is 0 Å². The van der Waals surface area contributed by atoms with Crippen molar-refractivity contribution >= 4 is 78.9 Å². The lowest BCUT2D eigenvalue weighted by Gasteiger charge is -2.16. The minimum absolute atomic E-state index is 0.0115. The van der Waals surface area contributed by atoms with Gasteiger partial charge in [0.25, 0.3) is 32.7 Å². The molecule has 2 heterocycles. The number of aryl methyl sites for hydroxylation is 1. The monoisotopic (exact) mass is 628 g/mol. The van der Waals surface area contributed by atoms with Crippen LogP contribution in [0.4, 0.5) is 17.1 Å². The van der Waals surface area contributed by atoms with Gasteiger partial charge in [-0.15, -0.1) is 0 Å². The van der Waals surface area contributed by atoms with Gasteiger partial charge in [0.15, 0.2) is 6.04 Å². The second-order valence-electron chi connectivity index (χ2n) is 8.98. The first-order valence-electron chi connectivity index (χ1n) is 11.9. The van der Waals surface area contributed by atoms with Gasteiger partial charge in [0.05, 0.1) is 16.4 Å². The first-order valence-corrected chi connectivity index (χ1v) is 14.1. The number of halogens is 2. The van der Waals surface area contributed by atoms with E-state index in [4.69, 9.17) is 23.2 Å². The number of hydrogen-bond acceptors (Lipinski definition) is 10. The van der Waals surface area contributed by atoms with Crippen LogP contribution >= 0.6 is 23.2 Å². The molecule has 0 radical (unpaired) electrons. The third-order valence-electron chi connectivity index (χ3n) is 6.10. The highest BCUT2D eigenvalue weighted by atomic mass is 35.5. The molecule has 2 N–H and O–H groups in total. The van der Waals surface area contributed by atoms with E-state index in [-0.39, 0.29) is 43.8 Å². The Bertz CT molecular complexity index is 1950. The Morgan fingerprint density at radius 1 is 1.14 bits per heavy atom. The molecule has 0 saturated carbocycles. The minimum Gasteiger partial charge on any atom is -0.594 e. The van der Waals surface area contributed by atoms with Crippen LogP contribution in [0.1, 0.15) is 22.8 Å². The zero-order valence-corrected chi connectivity index (χ0v) is 23.9. The Labute approximate surface area is 247 Å². The molecule has 2 amide bonds. The number of carbonyl (C=O) groups excluding carboxylic acids is 2. The molecule has 17 heteroatoms. The summed E-state index contributed by atoms with van der Waals surface area (Å²) in [6, 6.07) is 11.3. The summed E-state index contributed by atoms with van der Waals surface area (Å²) in [6.07, 6.45) is 0. The number of benzene rings is 3. The molecule has 3 aromatic carbocycles. The standard InChI is InChI=1S/C25H18Cl2N8O6S/c1-12-4-3-5-16(26)22(12)34-24(37)21(13(2)32-34)31-30-18-11-15(7-9-20(18)42(39,40)41)28-23(36)14-6-8-17-19(10-14)35(38)33-25(27)29-17/h3-11,21H,1-2H3,(H,28,36)(H,39,40,41). The van der Waals surface area contributed by atoms with Crippen LogP contribution in [0.2, 0.25) is 10.3 Å². The van der Waals surface area contributed by atoms with Gasteiger partial charge in [0.1, 0.15) is 16.1 Å². The van der Waals surface area contributed by atoms with Crippen LogP contribution in [-0.2, 0) is 14.9 Å². The van der Waals surface area contributed by atoms with Gasteiger partial charge in [-0.2, -0.15) is 28.8 Å². The van der Waals surface area contributed by atoms with Gasteiger partial charge in [0, 0.05) is 22.4 Å². The fourth-order valence-electron chi connectivity index (χ4n) is 4.12. The smallest absolute Gasteiger partial charge is 0.296 e. The number of azo groups is 1. The third-order valence-corrected chi connectivity index (χ3v) is 7.47. The molecular formula is C25H18Cl2N8O6S. The predicted molar refractivity (Wildman–Crippen MR) is 153 cm³/mol. The van der Waals surface area contributed by atoms with E-state index in [1.807, 2.05) is 0 Å². The molecular weight excluding hydrogens is 611 g/mol. The van der Waals surface area contributed by atoms with Crippen LogP contribution in [0, 0.1) is 12.1 Å². The van der Waals surface area contributed by atoms with Crippen molar-refractivity contribution in [2.75, 3.05) is 10.3 Å². The van der Waals surface area contributed by atoms with Crippen molar-refractivity contribution in [1.29, 1.82) is 0 Å². The highest BCUT2D eigenvalue weighted by molar-refractivity contribution is 7.86. The van der Waals surface area contributed by atoms with E-state index in [1.165, 1.54) is 24.3 Å². The van der Waals surface area contributed by atoms with Gasteiger partial charge >= 0.3 is 0 Å². The van der Waals surface area contributed by atoms with E-state index in [1.54, 1.807) is 32.0 Å². The maximum atomic E-state index is 13.2. The van der Waals surface area contributed by atoms with Crippen LogP contribution in [0.15, 0.2) is 74.8 Å². The number of fused-ring (bicyclic) bond motifs is 1. The first-order chi connectivity index (χ1) is 19.8. The van der Waals surface area contributed by atoms with Gasteiger partial charge in [-0.3, -0.25) is 14.1 Å². The van der Waals surface area contributed by atoms with Gasteiger partial charge in [0.2, 0.25) is 0 Å². The molecule has 1 aliphatic heterocycles. The number of hydrazone groups is 1. The molecule has 14 nitrogen and oxygen atoms in total. The van der Waals surface area contributed by atoms with Crippen LogP contribution in [0.3, 0.4) is 0 Å². The summed E-state index contributed by atoms with van der Waals surface area (Å²) < 4.78 is 33.8. The number of aromatic nitrogens is 3. The second kappa shape index (κ2) is 11.0. The van der Waals surface area contributed by atoms with E-state index in [9.17, 15) is 27.8 Å². The number of amides is 2. The van der Waals surface area contributed by atoms with E-state index in [2.05, 4.69) is 30.7 Å². The second-order valence-corrected chi connectivity index (χ2v) is 11.1. The van der Waals surface area contributed by atoms with Gasteiger partial charge in [-0.1, -0.05) is 23.7 Å². The highest BCUT2D eigenvalue weighted by Gasteiger charge is 2.36. The molecule has 1 aliphatic rings. The third kappa shape index (κ3) is 5.62. The lowest BCUT2D eigenvalue weighted by molar-refractivity contribution is -0.642. The lowest BCUT2D eigenvalue weighted by atomic mass is 10.1. The minimum atomic E-state index is -4.77. The van der Waals surface area contributed by atoms with Gasteiger partial charge < -0.3 is 10.5 Å². The Morgan fingerprint density at radius 2 is 1.90 bits per heavy atom. The van der Waals surface area contributed by atoms with Crippen LogP contribution in [-0.4, -0.2) is 46.6 Å². The highest BCUT2D eigenvalue weighted by Crippen LogP contribution is 2.34. The molecule has 5 rings (SSSR count). The van der Waals surface area contributed by atoms with Crippen molar-refractivity contribution in [3.05, 3.63) is 81.2 Å². The molecule has 0 bridgehead atoms. The molecule has 214 valence electrons. The van der Waals surface area contributed by atoms with Crippen molar-refractivity contribution in [3.8, 4) is 0 Å². The van der Waals surface area contributed by atoms with Crippen LogP contribution < -0.4 is 15.2 Å². The summed E-state index contributed by atoms with van der Waals surface area (Å²) >= 11 is 12.0. The van der Waals surface area contributed by atoms with E-state index in [0.29, 0.717) is 16.3 Å². The SMILES string of the molecule is CC1=NN(c2c(C)cccc2Cl)C(=O)C1N=Nc1cc(NC(=O)c2ccc3nc(Cl)n[n+]([O-])c3c2)ccc1S(=O)(=O)O. The van der Waals surface area contributed by atoms with Crippen molar-refractivity contribution in [2.24, 2.45) is 15.3 Å². The topological polar surface area (TPSA) is 194 Å². The Hall–Kier alpha value is -4.57. The molecule has 1 unspecified atom stereocenters. The maximum Gasteiger partial charge on any atom is 0.296 e. The number of nitrogens with zero attached hydrogens (tertiary/aromatic N) is 7. The zero-order valence-electron chi connectivity index (χ0n) is 21.6. The first kappa shape index (κ1) is 28.9. The zero-order chi connectivity index (χ0) is 30.3. The predicted octanol–water partition coefficient (Wildman–Crippen LogP) is 4.25. The molecule has 42 heavy (non-hydrogen) atoms. The average molecular weight is 629 g/mol. The summed E-state index contributed by atoms with van der Waals surface area (Å²) in [4.78, 5) is 29.6. The molecule has 0 spiro atoms. The van der Waals surface area contributed by atoms with Crippen molar-refractivity contribution in [2.45, 2.75) is 24.8 Å².